The average Bonchev–Trinajstić information content (AvgIpc) is 3.76. The molecule has 0 spiro atoms. The molecule has 10 nitrogen and oxygen atoms in total. The Labute approximate surface area is 307 Å². The molecule has 10 heteroatoms. The lowest BCUT2D eigenvalue weighted by molar-refractivity contribution is -0.661. The Bertz CT molecular complexity index is 1370. The fraction of sp³-hybridized carbons (Fsp3) is 0.805. The fourth-order valence-electron chi connectivity index (χ4n) is 10.1. The van der Waals surface area contributed by atoms with Crippen LogP contribution in [-0.4, -0.2) is 83.8 Å². The molecule has 0 aliphatic carbocycles. The van der Waals surface area contributed by atoms with E-state index < -0.39 is 0 Å². The van der Waals surface area contributed by atoms with Crippen molar-refractivity contribution in [2.75, 3.05) is 14.2 Å². The molecule has 0 aromatic heterocycles. The van der Waals surface area contributed by atoms with Crippen LogP contribution in [0.3, 0.4) is 0 Å². The molecule has 284 valence electrons. The van der Waals surface area contributed by atoms with Gasteiger partial charge in [0.1, 0.15) is 29.4 Å². The molecule has 0 aromatic carbocycles. The van der Waals surface area contributed by atoms with E-state index in [1.807, 2.05) is 0 Å². The highest BCUT2D eigenvalue weighted by Crippen LogP contribution is 2.40. The van der Waals surface area contributed by atoms with Crippen LogP contribution in [-0.2, 0) is 19.1 Å². The van der Waals surface area contributed by atoms with Crippen LogP contribution in [0.5, 0.6) is 0 Å². The van der Waals surface area contributed by atoms with E-state index in [0.29, 0.717) is 24.2 Å². The van der Waals surface area contributed by atoms with Gasteiger partial charge in [-0.2, -0.15) is 0 Å². The molecule has 6 heterocycles. The first kappa shape index (κ1) is 37.9. The number of carbonyl (C=O) groups is 2. The molecular weight excluding hydrogens is 640 g/mol. The second-order valence-corrected chi connectivity index (χ2v) is 16.2. The lowest BCUT2D eigenvalue weighted by Crippen LogP contribution is -2.95. The van der Waals surface area contributed by atoms with E-state index in [0.717, 1.165) is 106 Å². The van der Waals surface area contributed by atoms with Gasteiger partial charge in [0.15, 0.2) is 5.96 Å². The first-order valence-electron chi connectivity index (χ1n) is 21.0. The van der Waals surface area contributed by atoms with Crippen molar-refractivity contribution in [3.05, 3.63) is 22.5 Å². The maximum absolute atomic E-state index is 13.2. The van der Waals surface area contributed by atoms with Crippen molar-refractivity contribution in [1.82, 2.24) is 15.5 Å². The third-order valence-electron chi connectivity index (χ3n) is 12.7. The monoisotopic (exact) mass is 709 g/mol. The number of aliphatic imine (C=N–C) groups is 1. The maximum atomic E-state index is 13.2. The Balaban J connectivity index is 1.07. The third-order valence-corrected chi connectivity index (χ3v) is 12.7. The van der Waals surface area contributed by atoms with Crippen LogP contribution in [0.25, 0.3) is 0 Å². The summed E-state index contributed by atoms with van der Waals surface area (Å²) in [6, 6.07) is 2.01. The van der Waals surface area contributed by atoms with E-state index in [9.17, 15) is 9.59 Å². The van der Waals surface area contributed by atoms with Gasteiger partial charge in [0.2, 0.25) is 0 Å². The minimum absolute atomic E-state index is 0.0610. The molecule has 0 amide bonds. The number of esters is 2. The van der Waals surface area contributed by atoms with E-state index >= 15 is 0 Å². The van der Waals surface area contributed by atoms with Gasteiger partial charge in [0, 0.05) is 24.6 Å². The molecule has 2 fully saturated rings. The zero-order valence-corrected chi connectivity index (χ0v) is 32.3. The highest BCUT2D eigenvalue weighted by molar-refractivity contribution is 5.96. The summed E-state index contributed by atoms with van der Waals surface area (Å²) in [5.41, 5.74) is 3.83. The summed E-state index contributed by atoms with van der Waals surface area (Å²) in [5.74, 6) is 1.83. The molecule has 6 aliphatic heterocycles. The zero-order chi connectivity index (χ0) is 35.7. The van der Waals surface area contributed by atoms with Gasteiger partial charge < -0.3 is 19.7 Å². The number of hydrogen-bond acceptors (Lipinski definition) is 8. The lowest BCUT2D eigenvalue weighted by atomic mass is 9.95. The Morgan fingerprint density at radius 1 is 0.804 bits per heavy atom. The van der Waals surface area contributed by atoms with E-state index in [2.05, 4.69) is 39.3 Å². The van der Waals surface area contributed by atoms with Crippen molar-refractivity contribution in [3.63, 3.8) is 0 Å². The number of nitrogens with one attached hydrogen (secondary N) is 2. The van der Waals surface area contributed by atoms with Gasteiger partial charge in [-0.05, 0) is 70.6 Å². The zero-order valence-electron chi connectivity index (χ0n) is 32.3. The average molecular weight is 709 g/mol. The van der Waals surface area contributed by atoms with Gasteiger partial charge in [-0.3, -0.25) is 0 Å². The minimum atomic E-state index is -0.208. The van der Waals surface area contributed by atoms with Crippen LogP contribution in [0.4, 0.5) is 0 Å². The fourth-order valence-corrected chi connectivity index (χ4v) is 10.1. The number of ether oxygens (including phenoxy) is 2. The molecule has 0 saturated carbocycles. The van der Waals surface area contributed by atoms with Crippen molar-refractivity contribution >= 4 is 23.9 Å². The Kier molecular flexibility index (Phi) is 13.5. The number of allylic oxidation sites excluding steroid dienone is 2. The van der Waals surface area contributed by atoms with Gasteiger partial charge in [0.25, 0.3) is 0 Å². The maximum Gasteiger partial charge on any atom is 0.446 e. The predicted molar refractivity (Wildman–Crippen MR) is 201 cm³/mol. The second kappa shape index (κ2) is 18.2. The van der Waals surface area contributed by atoms with E-state index in [4.69, 9.17) is 14.5 Å². The topological polar surface area (TPSA) is 112 Å². The van der Waals surface area contributed by atoms with Gasteiger partial charge in [-0.25, -0.2) is 29.8 Å². The first-order valence-corrected chi connectivity index (χ1v) is 21.0. The number of quaternary nitrogens is 1. The smallest absolute Gasteiger partial charge is 0.446 e. The quantitative estimate of drug-likeness (QED) is 0.0819. The van der Waals surface area contributed by atoms with Gasteiger partial charge in [-0.15, -0.1) is 0 Å². The number of methoxy groups -OCH3 is 2. The summed E-state index contributed by atoms with van der Waals surface area (Å²) in [4.78, 5) is 34.1. The number of guanidine groups is 2. The lowest BCUT2D eigenvalue weighted by Gasteiger charge is -2.43. The van der Waals surface area contributed by atoms with Crippen molar-refractivity contribution in [3.8, 4) is 0 Å². The first-order chi connectivity index (χ1) is 25.0. The van der Waals surface area contributed by atoms with Crippen molar-refractivity contribution in [2.24, 2.45) is 4.99 Å². The number of carbonyl (C=O) groups excluding carboxylic acids is 2. The normalized spacial score (nSPS) is 27.9. The molecule has 51 heavy (non-hydrogen) atoms. The van der Waals surface area contributed by atoms with Crippen molar-refractivity contribution < 1.29 is 29.0 Å². The van der Waals surface area contributed by atoms with Gasteiger partial charge >= 0.3 is 17.9 Å². The molecule has 0 aromatic rings. The van der Waals surface area contributed by atoms with Crippen molar-refractivity contribution in [2.45, 2.75) is 198 Å². The number of hydrogen-bond donors (Lipinski definition) is 3. The SMILES string of the molecule is CCCCCCC[C@H]1C[C@H]2CC[C@H]3C(C(=O)OC)=C(CCCCCC4=C(C(=O)OC)[C@@H]5CC[C@@H]6C[C@H](CCCCCCC)NC(=[N+]65)[NH2+]4)NC(=N1)N23. The molecule has 0 bridgehead atoms. The Hall–Kier alpha value is -2.88. The molecule has 2 saturated heterocycles. The van der Waals surface area contributed by atoms with Crippen LogP contribution in [0.15, 0.2) is 27.5 Å². The largest absolute Gasteiger partial charge is 0.466 e. The Morgan fingerprint density at radius 2 is 1.49 bits per heavy atom. The molecule has 4 N–H and O–H groups in total. The van der Waals surface area contributed by atoms with E-state index in [1.165, 1.54) is 90.8 Å². The highest BCUT2D eigenvalue weighted by Gasteiger charge is 2.52. The van der Waals surface area contributed by atoms with Crippen molar-refractivity contribution in [1.29, 1.82) is 0 Å². The second-order valence-electron chi connectivity index (χ2n) is 16.2. The standard InChI is InChI=1S/C41H66N6O4/c1-5-7-9-11-14-18-28-26-30-22-24-34-36(38(48)50-3)32(44-40(42-28)46(30)34)20-16-13-17-21-33-37(39(49)51-4)35-25-23-31-27-29(19-15-12-10-8-6-2)43-41(45-33)47(31)35/h28-31,34-35H,5-27H2,1-4H3,(H2,42,43,44,45,48,49)/p+2/t28-,29-,30+,31+,34-,35-/m0/s1. The molecule has 6 atom stereocenters. The molecule has 0 radical (unpaired) electrons. The van der Waals surface area contributed by atoms with Crippen LogP contribution >= 0.6 is 0 Å². The minimum Gasteiger partial charge on any atom is -0.466 e. The highest BCUT2D eigenvalue weighted by atomic mass is 16.5. The van der Waals surface area contributed by atoms with Crippen LogP contribution in [0, 0.1) is 0 Å². The Morgan fingerprint density at radius 3 is 2.24 bits per heavy atom. The molecule has 0 unspecified atom stereocenters. The molecule has 6 aliphatic rings. The van der Waals surface area contributed by atoms with E-state index in [1.54, 1.807) is 0 Å². The third kappa shape index (κ3) is 8.68. The number of unbranched alkanes of at least 4 members (excludes halogenated alkanes) is 10. The van der Waals surface area contributed by atoms with Crippen LogP contribution in [0.1, 0.15) is 162 Å². The van der Waals surface area contributed by atoms with Crippen LogP contribution < -0.4 is 16.0 Å². The number of nitrogens with zero attached hydrogens (tertiary/aromatic N) is 3. The summed E-state index contributed by atoms with van der Waals surface area (Å²) < 4.78 is 13.2. The molecule has 6 rings (SSSR count). The summed E-state index contributed by atoms with van der Waals surface area (Å²) >= 11 is 0. The van der Waals surface area contributed by atoms with E-state index in [-0.39, 0.29) is 24.0 Å². The summed E-state index contributed by atoms with van der Waals surface area (Å²) in [6.45, 7) is 4.54. The van der Waals surface area contributed by atoms with Gasteiger partial charge in [0.05, 0.1) is 31.9 Å². The summed E-state index contributed by atoms with van der Waals surface area (Å²) in [5, 5.41) is 9.85. The molecular formula is C41H68N6O4+2. The predicted octanol–water partition coefficient (Wildman–Crippen LogP) is 5.92. The number of rotatable bonds is 20. The summed E-state index contributed by atoms with van der Waals surface area (Å²) in [6.07, 6.45) is 26.5. The van der Waals surface area contributed by atoms with Gasteiger partial charge in [-0.1, -0.05) is 78.1 Å². The summed E-state index contributed by atoms with van der Waals surface area (Å²) in [7, 11) is 3.02. The van der Waals surface area contributed by atoms with Crippen LogP contribution in [0.2, 0.25) is 0 Å². The number of nitrogens with two attached hydrogens (primary N) is 1.